The van der Waals surface area contributed by atoms with Gasteiger partial charge in [-0.15, -0.1) is 11.3 Å². The molecule has 0 aliphatic rings. The SMILES string of the molecule is CCc1cc(C(=O)N[C@@H](C)CN)sc1C. The van der Waals surface area contributed by atoms with E-state index in [1.165, 1.54) is 10.4 Å². The summed E-state index contributed by atoms with van der Waals surface area (Å²) in [7, 11) is 0. The molecule has 0 aliphatic carbocycles. The monoisotopic (exact) mass is 226 g/mol. The Bertz CT molecular complexity index is 346. The molecule has 84 valence electrons. The first-order valence-electron chi connectivity index (χ1n) is 5.18. The van der Waals surface area contributed by atoms with Crippen LogP contribution in [0.1, 0.15) is 34.0 Å². The number of thiophene rings is 1. The van der Waals surface area contributed by atoms with Gasteiger partial charge in [-0.1, -0.05) is 6.92 Å². The van der Waals surface area contributed by atoms with Gasteiger partial charge in [0.25, 0.3) is 5.91 Å². The van der Waals surface area contributed by atoms with Crippen molar-refractivity contribution in [1.82, 2.24) is 5.32 Å². The minimum absolute atomic E-state index is 0.0132. The molecule has 0 fully saturated rings. The lowest BCUT2D eigenvalue weighted by molar-refractivity contribution is 0.0945. The fourth-order valence-corrected chi connectivity index (χ4v) is 2.35. The van der Waals surface area contributed by atoms with Crippen LogP contribution in [0.25, 0.3) is 0 Å². The molecular formula is C11H18N2OS. The fraction of sp³-hybridized carbons (Fsp3) is 0.545. The first-order valence-corrected chi connectivity index (χ1v) is 6.00. The topological polar surface area (TPSA) is 55.1 Å². The summed E-state index contributed by atoms with van der Waals surface area (Å²) in [6.07, 6.45) is 0.974. The summed E-state index contributed by atoms with van der Waals surface area (Å²) in [4.78, 5) is 13.7. The van der Waals surface area contributed by atoms with Crippen LogP contribution in [0.4, 0.5) is 0 Å². The largest absolute Gasteiger partial charge is 0.348 e. The lowest BCUT2D eigenvalue weighted by atomic mass is 10.2. The summed E-state index contributed by atoms with van der Waals surface area (Å²) in [5, 5.41) is 2.86. The second kappa shape index (κ2) is 5.28. The van der Waals surface area contributed by atoms with Crippen molar-refractivity contribution in [1.29, 1.82) is 0 Å². The van der Waals surface area contributed by atoms with E-state index < -0.39 is 0 Å². The summed E-state index contributed by atoms with van der Waals surface area (Å²) in [5.74, 6) is -0.0132. The first kappa shape index (κ1) is 12.2. The zero-order valence-corrected chi connectivity index (χ0v) is 10.3. The van der Waals surface area contributed by atoms with Crippen molar-refractivity contribution in [2.75, 3.05) is 6.54 Å². The highest BCUT2D eigenvalue weighted by atomic mass is 32.1. The second-order valence-electron chi connectivity index (χ2n) is 3.66. The van der Waals surface area contributed by atoms with Crippen molar-refractivity contribution in [3.8, 4) is 0 Å². The number of aryl methyl sites for hydroxylation is 2. The Balaban J connectivity index is 2.74. The summed E-state index contributed by atoms with van der Waals surface area (Å²) >= 11 is 1.55. The number of amides is 1. The molecule has 0 spiro atoms. The van der Waals surface area contributed by atoms with E-state index in [4.69, 9.17) is 5.73 Å². The molecule has 0 saturated carbocycles. The van der Waals surface area contributed by atoms with Crippen LogP contribution in [-0.4, -0.2) is 18.5 Å². The van der Waals surface area contributed by atoms with Gasteiger partial charge in [-0.25, -0.2) is 0 Å². The lowest BCUT2D eigenvalue weighted by Crippen LogP contribution is -2.37. The van der Waals surface area contributed by atoms with Gasteiger partial charge in [0.05, 0.1) is 4.88 Å². The highest BCUT2D eigenvalue weighted by Crippen LogP contribution is 2.21. The maximum Gasteiger partial charge on any atom is 0.261 e. The van der Waals surface area contributed by atoms with Crippen molar-refractivity contribution in [3.05, 3.63) is 21.4 Å². The Morgan fingerprint density at radius 1 is 1.67 bits per heavy atom. The molecule has 1 heterocycles. The molecule has 0 unspecified atom stereocenters. The van der Waals surface area contributed by atoms with E-state index >= 15 is 0 Å². The number of nitrogens with one attached hydrogen (secondary N) is 1. The quantitative estimate of drug-likeness (QED) is 0.821. The summed E-state index contributed by atoms with van der Waals surface area (Å²) in [6, 6.07) is 2.00. The van der Waals surface area contributed by atoms with Crippen LogP contribution in [-0.2, 0) is 6.42 Å². The molecule has 3 nitrogen and oxygen atoms in total. The van der Waals surface area contributed by atoms with Crippen LogP contribution in [0.3, 0.4) is 0 Å². The van der Waals surface area contributed by atoms with Crippen molar-refractivity contribution in [2.45, 2.75) is 33.2 Å². The number of nitrogens with two attached hydrogens (primary N) is 1. The number of hydrogen-bond donors (Lipinski definition) is 2. The van der Waals surface area contributed by atoms with Crippen LogP contribution >= 0.6 is 11.3 Å². The third-order valence-corrected chi connectivity index (χ3v) is 3.45. The van der Waals surface area contributed by atoms with Gasteiger partial charge >= 0.3 is 0 Å². The molecule has 1 amide bonds. The van der Waals surface area contributed by atoms with Gasteiger partial charge in [0.1, 0.15) is 0 Å². The van der Waals surface area contributed by atoms with E-state index in [-0.39, 0.29) is 11.9 Å². The molecule has 0 radical (unpaired) electrons. The predicted octanol–water partition coefficient (Wildman–Crippen LogP) is 1.70. The van der Waals surface area contributed by atoms with Crippen molar-refractivity contribution >= 4 is 17.2 Å². The van der Waals surface area contributed by atoms with Crippen LogP contribution in [0, 0.1) is 6.92 Å². The molecule has 0 saturated heterocycles. The zero-order valence-electron chi connectivity index (χ0n) is 9.46. The molecule has 0 aromatic carbocycles. The maximum atomic E-state index is 11.7. The van der Waals surface area contributed by atoms with Gasteiger partial charge in [0.15, 0.2) is 0 Å². The highest BCUT2D eigenvalue weighted by Gasteiger charge is 2.12. The van der Waals surface area contributed by atoms with E-state index in [0.717, 1.165) is 11.3 Å². The predicted molar refractivity (Wildman–Crippen MR) is 64.4 cm³/mol. The molecule has 1 atom stereocenters. The third-order valence-electron chi connectivity index (χ3n) is 2.36. The Morgan fingerprint density at radius 3 is 2.80 bits per heavy atom. The Morgan fingerprint density at radius 2 is 2.33 bits per heavy atom. The van der Waals surface area contributed by atoms with E-state index in [1.807, 2.05) is 19.9 Å². The van der Waals surface area contributed by atoms with Gasteiger partial charge in [-0.3, -0.25) is 4.79 Å². The Kier molecular flexibility index (Phi) is 4.29. The number of carbonyl (C=O) groups is 1. The van der Waals surface area contributed by atoms with Crippen molar-refractivity contribution in [2.24, 2.45) is 5.73 Å². The van der Waals surface area contributed by atoms with E-state index in [9.17, 15) is 4.79 Å². The molecule has 0 aliphatic heterocycles. The fourth-order valence-electron chi connectivity index (χ4n) is 1.34. The average Bonchev–Trinajstić information content (AvgIpc) is 2.59. The maximum absolute atomic E-state index is 11.7. The summed E-state index contributed by atoms with van der Waals surface area (Å²) < 4.78 is 0. The van der Waals surface area contributed by atoms with Crippen molar-refractivity contribution in [3.63, 3.8) is 0 Å². The smallest absolute Gasteiger partial charge is 0.261 e. The van der Waals surface area contributed by atoms with Crippen LogP contribution < -0.4 is 11.1 Å². The zero-order chi connectivity index (χ0) is 11.4. The first-order chi connectivity index (χ1) is 7.08. The molecule has 1 rings (SSSR count). The molecule has 3 N–H and O–H groups in total. The van der Waals surface area contributed by atoms with Crippen molar-refractivity contribution < 1.29 is 4.79 Å². The van der Waals surface area contributed by atoms with Gasteiger partial charge in [-0.05, 0) is 31.9 Å². The molecule has 1 aromatic rings. The van der Waals surface area contributed by atoms with E-state index in [1.54, 1.807) is 11.3 Å². The molecule has 1 aromatic heterocycles. The third kappa shape index (κ3) is 3.04. The average molecular weight is 226 g/mol. The van der Waals surface area contributed by atoms with Gasteiger partial charge in [0.2, 0.25) is 0 Å². The van der Waals surface area contributed by atoms with Gasteiger partial charge < -0.3 is 11.1 Å². The number of hydrogen-bond acceptors (Lipinski definition) is 3. The van der Waals surface area contributed by atoms with Gasteiger partial charge in [-0.2, -0.15) is 0 Å². The standard InChI is InChI=1S/C11H18N2OS/c1-4-9-5-10(15-8(9)3)11(14)13-7(2)6-12/h5,7H,4,6,12H2,1-3H3,(H,13,14)/t7-/m0/s1. The van der Waals surface area contributed by atoms with Crippen LogP contribution in [0.5, 0.6) is 0 Å². The summed E-state index contributed by atoms with van der Waals surface area (Å²) in [6.45, 7) is 6.52. The summed E-state index contributed by atoms with van der Waals surface area (Å²) in [5.41, 5.74) is 6.70. The molecule has 0 bridgehead atoms. The molecule has 15 heavy (non-hydrogen) atoms. The number of rotatable bonds is 4. The Labute approximate surface area is 94.7 Å². The minimum atomic E-state index is -0.0132. The van der Waals surface area contributed by atoms with Crippen LogP contribution in [0.15, 0.2) is 6.07 Å². The molecular weight excluding hydrogens is 208 g/mol. The van der Waals surface area contributed by atoms with E-state index in [0.29, 0.717) is 6.54 Å². The van der Waals surface area contributed by atoms with E-state index in [2.05, 4.69) is 12.2 Å². The molecule has 4 heteroatoms. The van der Waals surface area contributed by atoms with Gasteiger partial charge in [0, 0.05) is 17.5 Å². The van der Waals surface area contributed by atoms with Crippen LogP contribution in [0.2, 0.25) is 0 Å². The lowest BCUT2D eigenvalue weighted by Gasteiger charge is -2.09. The highest BCUT2D eigenvalue weighted by molar-refractivity contribution is 7.14. The minimum Gasteiger partial charge on any atom is -0.348 e. The number of carbonyl (C=O) groups excluding carboxylic acids is 1. The second-order valence-corrected chi connectivity index (χ2v) is 4.91. The normalized spacial score (nSPS) is 12.5. The Hall–Kier alpha value is -0.870.